The van der Waals surface area contributed by atoms with Crippen LogP contribution in [0, 0.1) is 11.8 Å². The molecule has 2 aliphatic rings. The zero-order valence-electron chi connectivity index (χ0n) is 42.0. The average Bonchev–Trinajstić information content (AvgIpc) is 4.00. The Labute approximate surface area is 446 Å². The fourth-order valence-corrected chi connectivity index (χ4v) is 16.0. The number of rotatable bonds is 10. The average molecular weight is 989 g/mol. The summed E-state index contributed by atoms with van der Waals surface area (Å²) >= 11 is 0. The number of allylic oxidation sites excluding steroid dienone is 5. The molecule has 0 radical (unpaired) electrons. The molecule has 0 saturated carbocycles. The van der Waals surface area contributed by atoms with Gasteiger partial charge < -0.3 is 9.13 Å². The monoisotopic (exact) mass is 988 g/mol. The molecule has 0 amide bonds. The molecule has 2 nitrogen and oxygen atoms in total. The first-order valence-corrected chi connectivity index (χ1v) is 28.0. The zero-order valence-corrected chi connectivity index (χ0v) is 42.8. The molecule has 0 bridgehead atoms. The van der Waals surface area contributed by atoms with Crippen LogP contribution < -0.4 is 0 Å². The summed E-state index contributed by atoms with van der Waals surface area (Å²) in [5.74, 6) is 6.87. The topological polar surface area (TPSA) is 9.86 Å². The minimum absolute atomic E-state index is 0.619. The molecule has 2 aromatic heterocycles. The van der Waals surface area contributed by atoms with Crippen LogP contribution in [0.15, 0.2) is 293 Å². The van der Waals surface area contributed by atoms with E-state index >= 15 is 0 Å². The van der Waals surface area contributed by atoms with Crippen molar-refractivity contribution >= 4 is 54.4 Å². The number of aromatic nitrogens is 2. The number of nitrogens with zero attached hydrogens (tertiary/aromatic N) is 2. The van der Waals surface area contributed by atoms with E-state index in [-0.39, 0.29) is 0 Å². The molecule has 0 aliphatic heterocycles. The molecule has 0 unspecified atom stereocenters. The predicted octanol–water partition coefficient (Wildman–Crippen LogP) is 19.4. The third-order valence-electron chi connectivity index (χ3n) is 15.4. The lowest BCUT2D eigenvalue weighted by Crippen LogP contribution is -2.11. The molecule has 0 spiro atoms. The van der Waals surface area contributed by atoms with E-state index in [0.29, 0.717) is 6.42 Å². The van der Waals surface area contributed by atoms with Gasteiger partial charge in [-0.1, -0.05) is 200 Å². The van der Waals surface area contributed by atoms with E-state index < -0.39 is 10.0 Å². The highest BCUT2D eigenvalue weighted by Crippen LogP contribution is 2.74. The van der Waals surface area contributed by atoms with E-state index in [4.69, 9.17) is 0 Å². The highest BCUT2D eigenvalue weighted by atomic mass is 32.3. The van der Waals surface area contributed by atoms with Gasteiger partial charge in [0.1, 0.15) is 0 Å². The normalized spacial score (nSPS) is 13.3. The van der Waals surface area contributed by atoms with Gasteiger partial charge in [0, 0.05) is 70.2 Å². The van der Waals surface area contributed by atoms with Crippen molar-refractivity contribution < 1.29 is 0 Å². The Bertz CT molecular complexity index is 4260. The van der Waals surface area contributed by atoms with Crippen molar-refractivity contribution in [2.45, 2.75) is 38.8 Å². The van der Waals surface area contributed by atoms with E-state index in [1.54, 1.807) is 0 Å². The molecule has 2 aliphatic carbocycles. The lowest BCUT2D eigenvalue weighted by molar-refractivity contribution is 0.887. The Kier molecular flexibility index (Phi) is 11.4. The van der Waals surface area contributed by atoms with Crippen molar-refractivity contribution in [2.24, 2.45) is 0 Å². The van der Waals surface area contributed by atoms with Crippen LogP contribution in [0.5, 0.6) is 0 Å². The Hall–Kier alpha value is -9.33. The summed E-state index contributed by atoms with van der Waals surface area (Å²) in [5.41, 5.74) is 18.1. The van der Waals surface area contributed by atoms with E-state index in [1.807, 2.05) is 6.08 Å². The third kappa shape index (κ3) is 7.60. The maximum Gasteiger partial charge on any atom is 0.0613 e. The predicted molar refractivity (Wildman–Crippen MR) is 321 cm³/mol. The molecule has 0 saturated heterocycles. The van der Waals surface area contributed by atoms with Gasteiger partial charge in [0.15, 0.2) is 0 Å². The van der Waals surface area contributed by atoms with Gasteiger partial charge in [0.2, 0.25) is 0 Å². The van der Waals surface area contributed by atoms with Gasteiger partial charge in [-0.25, -0.2) is 0 Å². The zero-order chi connectivity index (χ0) is 50.4. The van der Waals surface area contributed by atoms with Crippen LogP contribution in [0.1, 0.15) is 29.7 Å². The minimum atomic E-state index is -2.17. The van der Waals surface area contributed by atoms with Crippen molar-refractivity contribution in [2.75, 3.05) is 0 Å². The van der Waals surface area contributed by atoms with Crippen LogP contribution in [0.2, 0.25) is 0 Å². The standard InChI is InChI=1S/C73H52N2S/c1-2-8-28-53(27-7-1)66-50-62(76(59-34-13-5-14-35-59,60-36-15-6-16-37-60)61-38-24-32-56(48-61)52-25-9-3-10-26-52)51-67(54-29-11-4-12-30-54)73(66)75-71-44-22-19-41-65(71)68-49-57(45-46-72(68)75)55-31-23-33-58(47-55)74-69-42-20-17-39-63(69)64-40-18-21-43-70(64)74/h1,3-7,9-21,23-27,29-43,45-51H,22,28,44H2. The first-order chi connectivity index (χ1) is 37.7. The van der Waals surface area contributed by atoms with Gasteiger partial charge in [-0.15, -0.1) is 10.0 Å². The molecule has 14 rings (SSSR count). The highest BCUT2D eigenvalue weighted by molar-refractivity contribution is 8.34. The number of para-hydroxylation sites is 2. The van der Waals surface area contributed by atoms with Crippen LogP contribution >= 0.6 is 10.0 Å². The maximum atomic E-state index is 3.55. The minimum Gasteiger partial charge on any atom is -0.312 e. The van der Waals surface area contributed by atoms with Crippen LogP contribution in [-0.2, 0) is 6.42 Å². The second-order valence-electron chi connectivity index (χ2n) is 19.7. The quantitative estimate of drug-likeness (QED) is 0.121. The molecule has 360 valence electrons. The lowest BCUT2D eigenvalue weighted by atomic mass is 9.93. The Morgan fingerprint density at radius 1 is 0.408 bits per heavy atom. The van der Waals surface area contributed by atoms with Crippen molar-refractivity contribution in [3.63, 3.8) is 0 Å². The molecule has 2 heterocycles. The van der Waals surface area contributed by atoms with Gasteiger partial charge in [-0.2, -0.15) is 0 Å². The van der Waals surface area contributed by atoms with E-state index in [9.17, 15) is 0 Å². The van der Waals surface area contributed by atoms with Crippen molar-refractivity contribution in [1.29, 1.82) is 0 Å². The van der Waals surface area contributed by atoms with Crippen LogP contribution in [-0.4, -0.2) is 9.13 Å². The summed E-state index contributed by atoms with van der Waals surface area (Å²) in [6.45, 7) is 0. The fraction of sp³-hybridized carbons (Fsp3) is 0.0411. The second-order valence-corrected chi connectivity index (χ2v) is 22.8. The van der Waals surface area contributed by atoms with Gasteiger partial charge in [-0.3, -0.25) is 0 Å². The molecule has 0 atom stereocenters. The second kappa shape index (κ2) is 19.2. The molecular weight excluding hydrogens is 937 g/mol. The molecule has 76 heavy (non-hydrogen) atoms. The summed E-state index contributed by atoms with van der Waals surface area (Å²) in [5, 5.41) is 3.78. The number of hydrogen-bond donors (Lipinski definition) is 0. The van der Waals surface area contributed by atoms with Crippen LogP contribution in [0.4, 0.5) is 0 Å². The number of hydrogen-bond acceptors (Lipinski definition) is 0. The van der Waals surface area contributed by atoms with E-state index in [0.717, 1.165) is 18.5 Å². The SMILES string of the molecule is C1#CCC(c2cc(S(c3ccccc3)(c3ccccc3)c3cccc(-c4ccccc4)c3)cc(-c3ccccc3)c2-n2c3c(c4cc(-c5cccc(-n6c7ccccc7c7ccccc76)c5)ccc42)C=CCC3)=CC=C1. The molecule has 0 N–H and O–H groups in total. The summed E-state index contributed by atoms with van der Waals surface area (Å²) in [6, 6.07) is 92.7. The van der Waals surface area contributed by atoms with E-state index in [1.165, 1.54) is 114 Å². The van der Waals surface area contributed by atoms with Crippen molar-refractivity contribution in [3.8, 4) is 56.6 Å². The van der Waals surface area contributed by atoms with Gasteiger partial charge >= 0.3 is 0 Å². The molecule has 12 aromatic rings. The Balaban J connectivity index is 1.04. The van der Waals surface area contributed by atoms with Crippen molar-refractivity contribution in [1.82, 2.24) is 9.13 Å². The van der Waals surface area contributed by atoms with Crippen LogP contribution in [0.25, 0.3) is 89.1 Å². The smallest absolute Gasteiger partial charge is 0.0613 e. The summed E-state index contributed by atoms with van der Waals surface area (Å²) in [7, 11) is -2.17. The van der Waals surface area contributed by atoms with E-state index in [2.05, 4.69) is 294 Å². The third-order valence-corrected chi connectivity index (χ3v) is 19.3. The molecule has 3 heteroatoms. The number of fused-ring (bicyclic) bond motifs is 6. The molecular formula is C73H52N2S. The highest BCUT2D eigenvalue weighted by Gasteiger charge is 2.36. The first-order valence-electron chi connectivity index (χ1n) is 26.3. The molecule has 10 aromatic carbocycles. The van der Waals surface area contributed by atoms with Gasteiger partial charge in [-0.05, 0) is 137 Å². The summed E-state index contributed by atoms with van der Waals surface area (Å²) in [6.07, 6.45) is 13.7. The fourth-order valence-electron chi connectivity index (χ4n) is 12.0. The van der Waals surface area contributed by atoms with Crippen LogP contribution in [0.3, 0.4) is 0 Å². The maximum absolute atomic E-state index is 3.55. The first kappa shape index (κ1) is 45.3. The Morgan fingerprint density at radius 2 is 0.974 bits per heavy atom. The molecule has 0 fully saturated rings. The number of benzene rings is 10. The largest absolute Gasteiger partial charge is 0.312 e. The van der Waals surface area contributed by atoms with Gasteiger partial charge in [0.25, 0.3) is 0 Å². The van der Waals surface area contributed by atoms with Crippen molar-refractivity contribution in [3.05, 3.63) is 290 Å². The summed E-state index contributed by atoms with van der Waals surface area (Å²) < 4.78 is 5.05. The van der Waals surface area contributed by atoms with Gasteiger partial charge in [0.05, 0.1) is 22.2 Å². The lowest BCUT2D eigenvalue weighted by Gasteiger charge is -2.43. The summed E-state index contributed by atoms with van der Waals surface area (Å²) in [4.78, 5) is 5.11. The Morgan fingerprint density at radius 3 is 1.68 bits per heavy atom.